The van der Waals surface area contributed by atoms with Gasteiger partial charge < -0.3 is 4.55 Å². The number of halogens is 2. The molecule has 0 aliphatic rings. The molecule has 1 heterocycles. The molecule has 0 aliphatic heterocycles. The van der Waals surface area contributed by atoms with E-state index in [1.54, 1.807) is 39.0 Å². The first-order valence-electron chi connectivity index (χ1n) is 5.51. The average Bonchev–Trinajstić information content (AvgIpc) is 2.24. The SMILES string of the molecule is CC(C)(C)[S+]([O-])N=CC(F)Cc1cccc(Br)n1. The number of hydrogen-bond donors (Lipinski definition) is 0. The Labute approximate surface area is 118 Å². The highest BCUT2D eigenvalue weighted by molar-refractivity contribution is 9.10. The fourth-order valence-corrected chi connectivity index (χ4v) is 2.04. The van der Waals surface area contributed by atoms with E-state index in [4.69, 9.17) is 0 Å². The molecule has 3 nitrogen and oxygen atoms in total. The second-order valence-electron chi connectivity index (χ2n) is 4.79. The van der Waals surface area contributed by atoms with Crippen LogP contribution in [0.25, 0.3) is 0 Å². The molecule has 0 N–H and O–H groups in total. The van der Waals surface area contributed by atoms with E-state index < -0.39 is 22.3 Å². The zero-order chi connectivity index (χ0) is 13.8. The summed E-state index contributed by atoms with van der Waals surface area (Å²) < 4.78 is 29.2. The Hall–Kier alpha value is -0.460. The lowest BCUT2D eigenvalue weighted by molar-refractivity contribution is 0.426. The lowest BCUT2D eigenvalue weighted by Crippen LogP contribution is -2.26. The normalized spacial score (nSPS) is 15.9. The van der Waals surface area contributed by atoms with E-state index in [-0.39, 0.29) is 6.42 Å². The molecule has 0 spiro atoms. The van der Waals surface area contributed by atoms with E-state index in [1.807, 2.05) is 0 Å². The van der Waals surface area contributed by atoms with Crippen molar-refractivity contribution in [1.29, 1.82) is 0 Å². The molecule has 0 aliphatic carbocycles. The average molecular weight is 335 g/mol. The summed E-state index contributed by atoms with van der Waals surface area (Å²) in [4.78, 5) is 4.13. The topological polar surface area (TPSA) is 48.3 Å². The highest BCUT2D eigenvalue weighted by atomic mass is 79.9. The summed E-state index contributed by atoms with van der Waals surface area (Å²) in [5.74, 6) is 0. The Morgan fingerprint density at radius 1 is 1.56 bits per heavy atom. The van der Waals surface area contributed by atoms with Crippen molar-refractivity contribution in [3.63, 3.8) is 0 Å². The van der Waals surface area contributed by atoms with Crippen LogP contribution in [0, 0.1) is 0 Å². The van der Waals surface area contributed by atoms with Crippen LogP contribution in [0.3, 0.4) is 0 Å². The van der Waals surface area contributed by atoms with E-state index in [1.165, 1.54) is 0 Å². The molecule has 18 heavy (non-hydrogen) atoms. The predicted molar refractivity (Wildman–Crippen MR) is 76.9 cm³/mol. The van der Waals surface area contributed by atoms with Crippen molar-refractivity contribution in [2.45, 2.75) is 38.1 Å². The monoisotopic (exact) mass is 334 g/mol. The van der Waals surface area contributed by atoms with Crippen LogP contribution in [0.15, 0.2) is 27.2 Å². The van der Waals surface area contributed by atoms with Gasteiger partial charge in [0, 0.05) is 12.1 Å². The molecule has 2 unspecified atom stereocenters. The van der Waals surface area contributed by atoms with Crippen molar-refractivity contribution in [2.75, 3.05) is 0 Å². The van der Waals surface area contributed by atoms with Crippen LogP contribution in [0.2, 0.25) is 0 Å². The lowest BCUT2D eigenvalue weighted by Gasteiger charge is -2.17. The molecule has 2 atom stereocenters. The van der Waals surface area contributed by atoms with Crippen molar-refractivity contribution in [1.82, 2.24) is 4.98 Å². The first kappa shape index (κ1) is 15.6. The van der Waals surface area contributed by atoms with Gasteiger partial charge in [-0.15, -0.1) is 0 Å². The smallest absolute Gasteiger partial charge is 0.145 e. The first-order chi connectivity index (χ1) is 8.29. The minimum absolute atomic E-state index is 0.129. The molecule has 0 saturated heterocycles. The highest BCUT2D eigenvalue weighted by Crippen LogP contribution is 2.17. The first-order valence-corrected chi connectivity index (χ1v) is 7.40. The summed E-state index contributed by atoms with van der Waals surface area (Å²) in [6, 6.07) is 5.31. The summed E-state index contributed by atoms with van der Waals surface area (Å²) in [5, 5.41) is 0. The van der Waals surface area contributed by atoms with Gasteiger partial charge in [-0.25, -0.2) is 9.37 Å². The van der Waals surface area contributed by atoms with Crippen molar-refractivity contribution >= 4 is 33.5 Å². The fourth-order valence-electron chi connectivity index (χ4n) is 1.10. The fraction of sp³-hybridized carbons (Fsp3) is 0.500. The Morgan fingerprint density at radius 2 is 2.22 bits per heavy atom. The van der Waals surface area contributed by atoms with Gasteiger partial charge in [-0.1, -0.05) is 10.5 Å². The second-order valence-corrected chi connectivity index (χ2v) is 7.53. The largest absolute Gasteiger partial charge is 0.591 e. The maximum Gasteiger partial charge on any atom is 0.145 e. The third-order valence-corrected chi connectivity index (χ3v) is 3.82. The molecular weight excluding hydrogens is 319 g/mol. The van der Waals surface area contributed by atoms with Crippen LogP contribution in [0.1, 0.15) is 26.5 Å². The molecule has 100 valence electrons. The third kappa shape index (κ3) is 5.46. The number of hydrogen-bond acceptors (Lipinski definition) is 3. The van der Waals surface area contributed by atoms with E-state index in [2.05, 4.69) is 25.3 Å². The maximum atomic E-state index is 13.6. The molecule has 0 saturated carbocycles. The quantitative estimate of drug-likeness (QED) is 0.482. The molecule has 6 heteroatoms. The highest BCUT2D eigenvalue weighted by Gasteiger charge is 2.26. The van der Waals surface area contributed by atoms with Crippen molar-refractivity contribution in [2.24, 2.45) is 4.40 Å². The Kier molecular flexibility index (Phi) is 5.75. The van der Waals surface area contributed by atoms with Gasteiger partial charge in [0.15, 0.2) is 0 Å². The van der Waals surface area contributed by atoms with Gasteiger partial charge in [0.2, 0.25) is 0 Å². The van der Waals surface area contributed by atoms with Crippen molar-refractivity contribution in [3.05, 3.63) is 28.5 Å². The molecular formula is C12H16BrFN2OS. The molecule has 1 rings (SSSR count). The summed E-state index contributed by atoms with van der Waals surface area (Å²) in [7, 11) is 0. The van der Waals surface area contributed by atoms with Crippen molar-refractivity contribution < 1.29 is 8.94 Å². The second kappa shape index (κ2) is 6.63. The van der Waals surface area contributed by atoms with Gasteiger partial charge in [-0.3, -0.25) is 0 Å². The summed E-state index contributed by atoms with van der Waals surface area (Å²) in [5.41, 5.74) is 0.630. The van der Waals surface area contributed by atoms with E-state index in [0.29, 0.717) is 10.3 Å². The van der Waals surface area contributed by atoms with Crippen LogP contribution in [0.4, 0.5) is 4.39 Å². The maximum absolute atomic E-state index is 13.6. The zero-order valence-electron chi connectivity index (χ0n) is 10.6. The predicted octanol–water partition coefficient (Wildman–Crippen LogP) is 3.26. The van der Waals surface area contributed by atoms with E-state index >= 15 is 0 Å². The van der Waals surface area contributed by atoms with Crippen LogP contribution in [-0.4, -0.2) is 26.7 Å². The van der Waals surface area contributed by atoms with Gasteiger partial charge in [0.25, 0.3) is 0 Å². The molecule has 0 fully saturated rings. The summed E-state index contributed by atoms with van der Waals surface area (Å²) >= 11 is 1.80. The number of pyridine rings is 1. The number of rotatable bonds is 4. The molecule has 1 aromatic rings. The van der Waals surface area contributed by atoms with Crippen LogP contribution in [-0.2, 0) is 17.8 Å². The molecule has 0 amide bonds. The molecule has 0 bridgehead atoms. The van der Waals surface area contributed by atoms with Crippen LogP contribution < -0.4 is 0 Å². The lowest BCUT2D eigenvalue weighted by atomic mass is 10.2. The molecule has 0 aromatic carbocycles. The van der Waals surface area contributed by atoms with Crippen molar-refractivity contribution in [3.8, 4) is 0 Å². The van der Waals surface area contributed by atoms with Gasteiger partial charge in [0.05, 0.1) is 6.21 Å². The Balaban J connectivity index is 2.57. The Bertz CT molecular complexity index is 423. The number of aromatic nitrogens is 1. The third-order valence-electron chi connectivity index (χ3n) is 2.02. The minimum atomic E-state index is -1.42. The van der Waals surface area contributed by atoms with Crippen LogP contribution in [0.5, 0.6) is 0 Å². The van der Waals surface area contributed by atoms with Crippen LogP contribution >= 0.6 is 15.9 Å². The zero-order valence-corrected chi connectivity index (χ0v) is 13.0. The van der Waals surface area contributed by atoms with E-state index in [0.717, 1.165) is 6.21 Å². The van der Waals surface area contributed by atoms with Gasteiger partial charge in [0.1, 0.15) is 26.9 Å². The van der Waals surface area contributed by atoms with Gasteiger partial charge >= 0.3 is 0 Å². The summed E-state index contributed by atoms with van der Waals surface area (Å²) in [6.07, 6.45) is -0.0492. The van der Waals surface area contributed by atoms with Gasteiger partial charge in [-0.2, -0.15) is 0 Å². The number of nitrogens with zero attached hydrogens (tertiary/aromatic N) is 2. The number of alkyl halides is 1. The minimum Gasteiger partial charge on any atom is -0.591 e. The van der Waals surface area contributed by atoms with Gasteiger partial charge in [-0.05, 0) is 48.8 Å². The Morgan fingerprint density at radius 3 is 2.78 bits per heavy atom. The molecule has 1 aromatic heterocycles. The molecule has 0 radical (unpaired) electrons. The summed E-state index contributed by atoms with van der Waals surface area (Å²) in [6.45, 7) is 5.39. The standard InChI is InChI=1S/C12H16BrFN2OS/c1-12(2,3)18(17)15-8-9(14)7-10-5-4-6-11(13)16-10/h4-6,8-9H,7H2,1-3H3. The van der Waals surface area contributed by atoms with E-state index in [9.17, 15) is 8.94 Å².